The van der Waals surface area contributed by atoms with Gasteiger partial charge in [0.2, 0.25) is 0 Å². The van der Waals surface area contributed by atoms with Crippen molar-refractivity contribution in [3.05, 3.63) is 22.3 Å². The zero-order valence-corrected chi connectivity index (χ0v) is 17.4. The van der Waals surface area contributed by atoms with E-state index in [0.717, 1.165) is 6.42 Å². The number of rotatable bonds is 3. The van der Waals surface area contributed by atoms with Gasteiger partial charge in [0.1, 0.15) is 5.78 Å². The number of hydrogen-bond acceptors (Lipinski definition) is 2. The molecular weight excluding hydrogens is 304 g/mol. The van der Waals surface area contributed by atoms with Crippen LogP contribution < -0.4 is 0 Å². The molecule has 3 heteroatoms. The van der Waals surface area contributed by atoms with Crippen LogP contribution in [0.3, 0.4) is 0 Å². The molecule has 0 heterocycles. The molecule has 0 aromatic carbocycles. The molecule has 0 amide bonds. The van der Waals surface area contributed by atoms with Gasteiger partial charge in [-0.2, -0.15) is 0 Å². The summed E-state index contributed by atoms with van der Waals surface area (Å²) in [6.45, 7) is 20.5. The molecule has 0 spiro atoms. The van der Waals surface area contributed by atoms with Gasteiger partial charge in [-0.3, -0.25) is 4.79 Å². The summed E-state index contributed by atoms with van der Waals surface area (Å²) in [6.07, 6.45) is 3.97. The third kappa shape index (κ3) is 2.31. The molecule has 0 aliphatic heterocycles. The van der Waals surface area contributed by atoms with Crippen molar-refractivity contribution in [2.24, 2.45) is 17.3 Å². The van der Waals surface area contributed by atoms with Gasteiger partial charge in [0, 0.05) is 6.42 Å². The number of Topliss-reactive ketones (excluding diaryl/α,β-unsaturated/α-hetero) is 1. The first-order valence-electron chi connectivity index (χ1n) is 8.36. The van der Waals surface area contributed by atoms with E-state index < -0.39 is 8.07 Å². The van der Waals surface area contributed by atoms with Crippen molar-refractivity contribution in [3.63, 3.8) is 0 Å². The van der Waals surface area contributed by atoms with Crippen LogP contribution in [0.2, 0.25) is 18.1 Å². The van der Waals surface area contributed by atoms with Crippen molar-refractivity contribution in [2.75, 3.05) is 6.26 Å². The maximum Gasteiger partial charge on any atom is 0.144 e. The highest BCUT2D eigenvalue weighted by Crippen LogP contribution is 2.66. The van der Waals surface area contributed by atoms with E-state index in [9.17, 15) is 4.79 Å². The largest absolute Gasteiger partial charge is 0.299 e. The lowest BCUT2D eigenvalue weighted by Gasteiger charge is -2.59. The predicted octanol–water partition coefficient (Wildman–Crippen LogP) is 5.84. The topological polar surface area (TPSA) is 17.1 Å². The van der Waals surface area contributed by atoms with E-state index in [-0.39, 0.29) is 5.41 Å². The molecule has 0 saturated heterocycles. The standard InChI is InChI=1S/C19H32OSSi/c1-12(2)13-10-14-16(22(8,9)18(3,4)5)17(21-7)19(14,6)15(20)11-13/h13-14H,1,10-11H2,2-9H3/t13-,14+,19-/m1/s1. The minimum absolute atomic E-state index is 0.198. The first kappa shape index (κ1) is 18.1. The van der Waals surface area contributed by atoms with Crippen molar-refractivity contribution < 1.29 is 4.79 Å². The number of carbonyl (C=O) groups is 1. The van der Waals surface area contributed by atoms with Crippen molar-refractivity contribution in [2.45, 2.75) is 65.6 Å². The highest BCUT2D eigenvalue weighted by Gasteiger charge is 2.62. The molecule has 0 aromatic rings. The van der Waals surface area contributed by atoms with E-state index in [0.29, 0.717) is 29.1 Å². The van der Waals surface area contributed by atoms with Gasteiger partial charge >= 0.3 is 0 Å². The predicted molar refractivity (Wildman–Crippen MR) is 102 cm³/mol. The molecule has 1 fully saturated rings. The normalized spacial score (nSPS) is 32.6. The smallest absolute Gasteiger partial charge is 0.144 e. The van der Waals surface area contributed by atoms with Gasteiger partial charge in [-0.25, -0.2) is 0 Å². The van der Waals surface area contributed by atoms with Crippen molar-refractivity contribution in [1.82, 2.24) is 0 Å². The average molecular weight is 337 g/mol. The number of allylic oxidation sites excluding steroid dienone is 3. The lowest BCUT2D eigenvalue weighted by Crippen LogP contribution is -2.58. The van der Waals surface area contributed by atoms with Gasteiger partial charge in [0.05, 0.1) is 13.5 Å². The summed E-state index contributed by atoms with van der Waals surface area (Å²) >= 11 is 1.83. The van der Waals surface area contributed by atoms with Gasteiger partial charge in [-0.15, -0.1) is 11.8 Å². The lowest BCUT2D eigenvalue weighted by atomic mass is 9.56. The van der Waals surface area contributed by atoms with Crippen LogP contribution in [0.1, 0.15) is 47.5 Å². The second-order valence-electron chi connectivity index (χ2n) is 8.98. The monoisotopic (exact) mass is 336 g/mol. The van der Waals surface area contributed by atoms with Crippen LogP contribution in [-0.4, -0.2) is 20.1 Å². The third-order valence-electron chi connectivity index (χ3n) is 6.74. The molecule has 0 radical (unpaired) electrons. The SMILES string of the molecule is C=C(C)[C@H]1CC(=O)[C@]2(C)C(SC)=C([Si](C)(C)C(C)(C)C)[C@@H]2C1. The van der Waals surface area contributed by atoms with Crippen molar-refractivity contribution >= 4 is 25.6 Å². The minimum atomic E-state index is -1.58. The maximum absolute atomic E-state index is 12.9. The van der Waals surface area contributed by atoms with Crippen molar-refractivity contribution in [3.8, 4) is 0 Å². The van der Waals surface area contributed by atoms with Gasteiger partial charge < -0.3 is 0 Å². The maximum atomic E-state index is 12.9. The summed E-state index contributed by atoms with van der Waals surface area (Å²) in [6, 6.07) is 0. The second kappa shape index (κ2) is 5.37. The quantitative estimate of drug-likeness (QED) is 0.475. The van der Waals surface area contributed by atoms with Gasteiger partial charge in [-0.1, -0.05) is 51.2 Å². The highest BCUT2D eigenvalue weighted by molar-refractivity contribution is 8.02. The second-order valence-corrected chi connectivity index (χ2v) is 15.1. The van der Waals surface area contributed by atoms with Crippen LogP contribution in [0, 0.1) is 17.3 Å². The number of carbonyl (C=O) groups excluding carboxylic acids is 1. The van der Waals surface area contributed by atoms with E-state index in [1.54, 1.807) is 5.20 Å². The van der Waals surface area contributed by atoms with E-state index in [1.165, 1.54) is 10.5 Å². The molecule has 3 atom stereocenters. The Morgan fingerprint density at radius 2 is 1.91 bits per heavy atom. The molecule has 0 N–H and O–H groups in total. The first-order chi connectivity index (χ1) is 9.89. The van der Waals surface area contributed by atoms with Crippen LogP contribution in [0.5, 0.6) is 0 Å². The van der Waals surface area contributed by atoms with E-state index in [1.807, 2.05) is 11.8 Å². The summed E-state index contributed by atoms with van der Waals surface area (Å²) in [4.78, 5) is 14.3. The Labute approximate surface area is 142 Å². The van der Waals surface area contributed by atoms with Crippen molar-refractivity contribution in [1.29, 1.82) is 0 Å². The summed E-state index contributed by atoms with van der Waals surface area (Å²) in [5, 5.41) is 2.00. The molecular formula is C19H32OSSi. The Morgan fingerprint density at radius 3 is 2.32 bits per heavy atom. The number of thioether (sulfide) groups is 1. The Morgan fingerprint density at radius 1 is 1.36 bits per heavy atom. The summed E-state index contributed by atoms with van der Waals surface area (Å²) in [5.74, 6) is 1.29. The third-order valence-corrected chi connectivity index (χ3v) is 13.7. The molecule has 0 bridgehead atoms. The summed E-state index contributed by atoms with van der Waals surface area (Å²) in [7, 11) is -1.58. The summed E-state index contributed by atoms with van der Waals surface area (Å²) < 4.78 is 0. The number of fused-ring (bicyclic) bond motifs is 1. The molecule has 2 aliphatic rings. The molecule has 0 unspecified atom stereocenters. The Kier molecular flexibility index (Phi) is 4.41. The van der Waals surface area contributed by atoms with Gasteiger partial charge in [-0.05, 0) is 48.3 Å². The first-order valence-corrected chi connectivity index (χ1v) is 12.6. The molecule has 0 aromatic heterocycles. The van der Waals surface area contributed by atoms with Crippen LogP contribution in [-0.2, 0) is 4.79 Å². The van der Waals surface area contributed by atoms with Gasteiger partial charge in [0.25, 0.3) is 0 Å². The van der Waals surface area contributed by atoms with E-state index >= 15 is 0 Å². The average Bonchev–Trinajstić information content (AvgIpc) is 2.36. The fourth-order valence-electron chi connectivity index (χ4n) is 4.11. The molecule has 2 rings (SSSR count). The van der Waals surface area contributed by atoms with Crippen LogP contribution in [0.4, 0.5) is 0 Å². The van der Waals surface area contributed by atoms with Crippen LogP contribution >= 0.6 is 11.8 Å². The zero-order valence-electron chi connectivity index (χ0n) is 15.6. The lowest BCUT2D eigenvalue weighted by molar-refractivity contribution is -0.132. The molecule has 1 saturated carbocycles. The minimum Gasteiger partial charge on any atom is -0.299 e. The Balaban J connectivity index is 2.54. The molecule has 1 nitrogen and oxygen atoms in total. The molecule has 124 valence electrons. The van der Waals surface area contributed by atoms with Crippen LogP contribution in [0.15, 0.2) is 22.3 Å². The number of hydrogen-bond donors (Lipinski definition) is 0. The highest BCUT2D eigenvalue weighted by atomic mass is 32.2. The fourth-order valence-corrected chi connectivity index (χ4v) is 9.13. The Bertz CT molecular complexity index is 552. The van der Waals surface area contributed by atoms with Crippen LogP contribution in [0.25, 0.3) is 0 Å². The summed E-state index contributed by atoms with van der Waals surface area (Å²) in [5.41, 5.74) is 0.985. The number of ketones is 1. The Hall–Kier alpha value is -0.283. The van der Waals surface area contributed by atoms with Gasteiger partial charge in [0.15, 0.2) is 0 Å². The van der Waals surface area contributed by atoms with E-state index in [2.05, 4.69) is 60.5 Å². The molecule has 2 aliphatic carbocycles. The van der Waals surface area contributed by atoms with E-state index in [4.69, 9.17) is 0 Å². The fraction of sp³-hybridized carbons (Fsp3) is 0.737. The zero-order chi connectivity index (χ0) is 17.1. The molecule has 22 heavy (non-hydrogen) atoms.